The minimum atomic E-state index is -1.53. The van der Waals surface area contributed by atoms with Crippen LogP contribution in [-0.2, 0) is 13.5 Å². The first kappa shape index (κ1) is 22.4. The highest BCUT2D eigenvalue weighted by atomic mass is 19.2. The lowest BCUT2D eigenvalue weighted by Crippen LogP contribution is -2.50. The van der Waals surface area contributed by atoms with Crippen LogP contribution in [0.25, 0.3) is 16.9 Å². The summed E-state index contributed by atoms with van der Waals surface area (Å²) in [6.07, 6.45) is 5.36. The highest BCUT2D eigenvalue weighted by molar-refractivity contribution is 5.98. The van der Waals surface area contributed by atoms with Gasteiger partial charge in [-0.2, -0.15) is 10.2 Å². The largest absolute Gasteiger partial charge is 0.327 e. The second kappa shape index (κ2) is 8.28. The molecule has 184 valence electrons. The van der Waals surface area contributed by atoms with Gasteiger partial charge in [0.05, 0.1) is 28.7 Å². The molecule has 2 aliphatic heterocycles. The molecule has 4 aromatic rings. The molecule has 0 unspecified atom stereocenters. The predicted molar refractivity (Wildman–Crippen MR) is 120 cm³/mol. The number of piperidine rings is 1. The van der Waals surface area contributed by atoms with Crippen LogP contribution in [-0.4, -0.2) is 41.4 Å². The van der Waals surface area contributed by atoms with Crippen molar-refractivity contribution < 1.29 is 22.4 Å². The van der Waals surface area contributed by atoms with Gasteiger partial charge in [0, 0.05) is 24.2 Å². The predicted octanol–water partition coefficient (Wildman–Crippen LogP) is 4.52. The van der Waals surface area contributed by atoms with Crippen molar-refractivity contribution in [1.29, 1.82) is 0 Å². The average molecular weight is 496 g/mol. The minimum absolute atomic E-state index is 0.152. The zero-order valence-corrected chi connectivity index (χ0v) is 19.1. The third-order valence-electron chi connectivity index (χ3n) is 7.02. The zero-order chi connectivity index (χ0) is 25.1. The molecular weight excluding hydrogens is 476 g/mol. The number of fused-ring (bicyclic) bond motifs is 4. The third kappa shape index (κ3) is 3.41. The molecule has 7 nitrogen and oxygen atoms in total. The molecule has 0 aliphatic carbocycles. The Labute approximate surface area is 203 Å². The number of carbonyl (C=O) groups excluding carboxylic acids is 1. The first-order valence-corrected chi connectivity index (χ1v) is 11.5. The Morgan fingerprint density at radius 1 is 1.06 bits per heavy atom. The summed E-state index contributed by atoms with van der Waals surface area (Å²) < 4.78 is 58.8. The van der Waals surface area contributed by atoms with Gasteiger partial charge in [0.25, 0.3) is 5.91 Å². The maximum absolute atomic E-state index is 14.3. The van der Waals surface area contributed by atoms with E-state index >= 15 is 0 Å². The van der Waals surface area contributed by atoms with E-state index in [0.717, 1.165) is 24.1 Å². The lowest BCUT2D eigenvalue weighted by molar-refractivity contribution is 0.0391. The first-order chi connectivity index (χ1) is 17.3. The van der Waals surface area contributed by atoms with Gasteiger partial charge in [-0.1, -0.05) is 0 Å². The van der Waals surface area contributed by atoms with E-state index in [1.165, 1.54) is 40.2 Å². The van der Waals surface area contributed by atoms with E-state index < -0.39 is 29.3 Å². The zero-order valence-electron chi connectivity index (χ0n) is 19.1. The number of carbonyl (C=O) groups is 1. The molecule has 6 rings (SSSR count). The summed E-state index contributed by atoms with van der Waals surface area (Å²) in [6, 6.07) is 5.22. The number of aryl methyl sites for hydroxylation is 1. The van der Waals surface area contributed by atoms with Crippen LogP contribution in [0.4, 0.5) is 17.6 Å². The quantitative estimate of drug-likeness (QED) is 0.309. The topological polar surface area (TPSA) is 68.8 Å². The second-order valence-corrected chi connectivity index (χ2v) is 9.11. The van der Waals surface area contributed by atoms with Crippen LogP contribution in [0.3, 0.4) is 0 Å². The van der Waals surface area contributed by atoms with E-state index in [4.69, 9.17) is 0 Å². The van der Waals surface area contributed by atoms with Gasteiger partial charge in [0.1, 0.15) is 18.5 Å². The molecule has 2 bridgehead atoms. The number of benzene rings is 2. The number of rotatable bonds is 3. The average Bonchev–Trinajstić information content (AvgIpc) is 3.49. The summed E-state index contributed by atoms with van der Waals surface area (Å²) in [5.41, 5.74) is 2.62. The molecule has 2 atom stereocenters. The van der Waals surface area contributed by atoms with E-state index in [9.17, 15) is 22.4 Å². The normalized spacial score (nSPS) is 18.9. The molecule has 1 fully saturated rings. The number of hydrogen-bond donors (Lipinski definition) is 0. The van der Waals surface area contributed by atoms with Gasteiger partial charge in [-0.3, -0.25) is 9.48 Å². The van der Waals surface area contributed by atoms with Crippen molar-refractivity contribution in [3.05, 3.63) is 83.1 Å². The molecule has 36 heavy (non-hydrogen) atoms. The monoisotopic (exact) mass is 496 g/mol. The summed E-state index contributed by atoms with van der Waals surface area (Å²) in [5, 5.41) is 8.72. The summed E-state index contributed by atoms with van der Waals surface area (Å²) >= 11 is 0. The number of halogens is 4. The van der Waals surface area contributed by atoms with E-state index in [1.807, 2.05) is 0 Å². The standard InChI is InChI=1S/C25H20F4N6O/c1-33-24(13-7-18(27)22(29)19(28)8-13)17-10-15-3-2-4-21(23(17)32-33)35(15)25(36)16-9-14(26)5-6-20(16)34-12-30-11-31-34/h5-9,11-12,15,21H,2-4,10H2,1H3/t15-,21+/m1/s1. The molecule has 4 heterocycles. The smallest absolute Gasteiger partial charge is 0.256 e. The summed E-state index contributed by atoms with van der Waals surface area (Å²) in [5.74, 6) is -4.99. The fraction of sp³-hybridized carbons (Fsp3) is 0.280. The van der Waals surface area contributed by atoms with Crippen molar-refractivity contribution in [2.45, 2.75) is 37.8 Å². The van der Waals surface area contributed by atoms with Crippen LogP contribution in [0.5, 0.6) is 0 Å². The maximum Gasteiger partial charge on any atom is 0.256 e. The first-order valence-electron chi connectivity index (χ1n) is 11.5. The molecule has 0 spiro atoms. The molecule has 2 aromatic carbocycles. The Hall–Kier alpha value is -4.02. The van der Waals surface area contributed by atoms with Crippen LogP contribution in [0, 0.1) is 23.3 Å². The molecule has 1 saturated heterocycles. The summed E-state index contributed by atoms with van der Waals surface area (Å²) in [6.45, 7) is 0. The number of aromatic nitrogens is 5. The molecular formula is C25H20F4N6O. The van der Waals surface area contributed by atoms with Gasteiger partial charge in [0.15, 0.2) is 17.5 Å². The van der Waals surface area contributed by atoms with Gasteiger partial charge in [0.2, 0.25) is 0 Å². The highest BCUT2D eigenvalue weighted by Gasteiger charge is 2.44. The molecule has 2 aromatic heterocycles. The van der Waals surface area contributed by atoms with Crippen LogP contribution in [0.2, 0.25) is 0 Å². The molecule has 11 heteroatoms. The molecule has 2 aliphatic rings. The van der Waals surface area contributed by atoms with Crippen molar-refractivity contribution in [2.75, 3.05) is 0 Å². The van der Waals surface area contributed by atoms with Gasteiger partial charge < -0.3 is 4.90 Å². The van der Waals surface area contributed by atoms with E-state index in [-0.39, 0.29) is 23.1 Å². The fourth-order valence-corrected chi connectivity index (χ4v) is 5.55. The number of amides is 1. The minimum Gasteiger partial charge on any atom is -0.327 e. The lowest BCUT2D eigenvalue weighted by Gasteiger charge is -2.45. The number of nitrogens with zero attached hydrogens (tertiary/aromatic N) is 6. The van der Waals surface area contributed by atoms with Gasteiger partial charge in [-0.15, -0.1) is 0 Å². The van der Waals surface area contributed by atoms with Gasteiger partial charge >= 0.3 is 0 Å². The molecule has 0 radical (unpaired) electrons. The van der Waals surface area contributed by atoms with Crippen LogP contribution in [0.15, 0.2) is 43.0 Å². The van der Waals surface area contributed by atoms with E-state index in [1.54, 1.807) is 11.9 Å². The maximum atomic E-state index is 14.3. The van der Waals surface area contributed by atoms with Crippen molar-refractivity contribution in [3.8, 4) is 16.9 Å². The molecule has 0 saturated carbocycles. The second-order valence-electron chi connectivity index (χ2n) is 9.11. The Morgan fingerprint density at radius 3 is 2.56 bits per heavy atom. The SMILES string of the molecule is Cn1nc2c(c1-c1cc(F)c(F)c(F)c1)C[C@H]1CCC[C@@H]2N1C(=O)c1cc(F)ccc1-n1cncn1. The Kier molecular flexibility index (Phi) is 5.16. The molecule has 1 amide bonds. The van der Waals surface area contributed by atoms with Gasteiger partial charge in [-0.25, -0.2) is 27.2 Å². The fourth-order valence-electron chi connectivity index (χ4n) is 5.55. The molecule has 0 N–H and O–H groups in total. The van der Waals surface area contributed by atoms with E-state index in [2.05, 4.69) is 15.2 Å². The summed E-state index contributed by atoms with van der Waals surface area (Å²) in [7, 11) is 1.65. The van der Waals surface area contributed by atoms with Crippen molar-refractivity contribution >= 4 is 5.91 Å². The van der Waals surface area contributed by atoms with Crippen molar-refractivity contribution in [3.63, 3.8) is 0 Å². The van der Waals surface area contributed by atoms with Gasteiger partial charge in [-0.05, 0) is 56.0 Å². The van der Waals surface area contributed by atoms with E-state index in [0.29, 0.717) is 36.3 Å². The summed E-state index contributed by atoms with van der Waals surface area (Å²) in [4.78, 5) is 19.6. The Bertz CT molecular complexity index is 1480. The van der Waals surface area contributed by atoms with Crippen molar-refractivity contribution in [1.82, 2.24) is 29.4 Å². The number of hydrogen-bond acceptors (Lipinski definition) is 4. The van der Waals surface area contributed by atoms with Crippen molar-refractivity contribution in [2.24, 2.45) is 7.05 Å². The third-order valence-corrected chi connectivity index (χ3v) is 7.02. The lowest BCUT2D eigenvalue weighted by atomic mass is 9.81. The van der Waals surface area contributed by atoms with Crippen LogP contribution < -0.4 is 0 Å². The van der Waals surface area contributed by atoms with Crippen LogP contribution in [0.1, 0.15) is 46.9 Å². The Morgan fingerprint density at radius 2 is 1.83 bits per heavy atom. The van der Waals surface area contributed by atoms with Crippen LogP contribution >= 0.6 is 0 Å². The Balaban J connectivity index is 1.45. The highest BCUT2D eigenvalue weighted by Crippen LogP contribution is 2.45.